The topological polar surface area (TPSA) is 20.2 Å². The highest BCUT2D eigenvalue weighted by Crippen LogP contribution is 2.14. The van der Waals surface area contributed by atoms with Crippen molar-refractivity contribution in [2.45, 2.75) is 32.6 Å². The Balaban J connectivity index is 2.32. The van der Waals surface area contributed by atoms with Crippen molar-refractivity contribution in [3.8, 4) is 0 Å². The molecule has 1 aromatic rings. The minimum atomic E-state index is 0.334. The minimum absolute atomic E-state index is 0.334. The highest BCUT2D eigenvalue weighted by atomic mass is 16.3. The van der Waals surface area contributed by atoms with Crippen LogP contribution in [0.15, 0.2) is 30.3 Å². The number of hydrogen-bond donors (Lipinski definition) is 1. The quantitative estimate of drug-likeness (QED) is 0.734. The number of aryl methyl sites for hydroxylation is 1. The molecule has 0 unspecified atom stereocenters. The van der Waals surface area contributed by atoms with Crippen LogP contribution in [0.3, 0.4) is 0 Å². The molecule has 0 aromatic heterocycles. The maximum Gasteiger partial charge on any atom is 0.0459 e. The molecule has 0 saturated heterocycles. The van der Waals surface area contributed by atoms with Gasteiger partial charge in [-0.1, -0.05) is 43.7 Å². The molecule has 1 heteroatoms. The van der Waals surface area contributed by atoms with Crippen molar-refractivity contribution in [2.75, 3.05) is 6.61 Å². The van der Waals surface area contributed by atoms with E-state index in [4.69, 9.17) is 5.11 Å². The SMILES string of the molecule is CCC[C@@H](CO)CCc1ccccc1. The molecule has 0 fully saturated rings. The van der Waals surface area contributed by atoms with E-state index in [1.165, 1.54) is 12.0 Å². The molecule has 0 spiro atoms. The van der Waals surface area contributed by atoms with Gasteiger partial charge in [0.05, 0.1) is 0 Å². The van der Waals surface area contributed by atoms with Crippen LogP contribution in [0.4, 0.5) is 0 Å². The zero-order chi connectivity index (χ0) is 10.2. The molecule has 1 atom stereocenters. The van der Waals surface area contributed by atoms with Gasteiger partial charge in [0, 0.05) is 6.61 Å². The van der Waals surface area contributed by atoms with Crippen LogP contribution in [0.5, 0.6) is 0 Å². The van der Waals surface area contributed by atoms with Crippen LogP contribution in [0.25, 0.3) is 0 Å². The van der Waals surface area contributed by atoms with Crippen molar-refractivity contribution >= 4 is 0 Å². The predicted octanol–water partition coefficient (Wildman–Crippen LogP) is 3.03. The normalized spacial score (nSPS) is 12.7. The summed E-state index contributed by atoms with van der Waals surface area (Å²) in [5, 5.41) is 9.14. The number of aliphatic hydroxyl groups excluding tert-OH is 1. The van der Waals surface area contributed by atoms with Crippen molar-refractivity contribution in [1.29, 1.82) is 0 Å². The van der Waals surface area contributed by atoms with Gasteiger partial charge < -0.3 is 5.11 Å². The molecule has 1 aromatic carbocycles. The standard InChI is InChI=1S/C13H20O/c1-2-6-13(11-14)10-9-12-7-4-3-5-8-12/h3-5,7-8,13-14H,2,6,9-11H2,1H3/t13-/m1/s1. The molecule has 0 heterocycles. The molecule has 0 radical (unpaired) electrons. The van der Waals surface area contributed by atoms with E-state index in [0.29, 0.717) is 12.5 Å². The van der Waals surface area contributed by atoms with E-state index in [9.17, 15) is 0 Å². The lowest BCUT2D eigenvalue weighted by molar-refractivity contribution is 0.210. The highest BCUT2D eigenvalue weighted by molar-refractivity contribution is 5.14. The molecular weight excluding hydrogens is 172 g/mol. The van der Waals surface area contributed by atoms with Gasteiger partial charge in [0.15, 0.2) is 0 Å². The highest BCUT2D eigenvalue weighted by Gasteiger charge is 2.05. The van der Waals surface area contributed by atoms with Crippen molar-refractivity contribution in [1.82, 2.24) is 0 Å². The molecule has 0 aliphatic carbocycles. The average molecular weight is 192 g/mol. The Morgan fingerprint density at radius 3 is 2.43 bits per heavy atom. The number of benzene rings is 1. The second-order valence-corrected chi connectivity index (χ2v) is 3.86. The van der Waals surface area contributed by atoms with Crippen LogP contribution in [0, 0.1) is 5.92 Å². The van der Waals surface area contributed by atoms with Gasteiger partial charge in [0.25, 0.3) is 0 Å². The van der Waals surface area contributed by atoms with Crippen molar-refractivity contribution in [3.05, 3.63) is 35.9 Å². The molecule has 0 amide bonds. The van der Waals surface area contributed by atoms with Crippen LogP contribution >= 0.6 is 0 Å². The van der Waals surface area contributed by atoms with Gasteiger partial charge in [0.2, 0.25) is 0 Å². The summed E-state index contributed by atoms with van der Waals surface area (Å²) >= 11 is 0. The lowest BCUT2D eigenvalue weighted by Gasteiger charge is -2.12. The molecule has 0 aliphatic heterocycles. The van der Waals surface area contributed by atoms with E-state index < -0.39 is 0 Å². The van der Waals surface area contributed by atoms with E-state index in [1.54, 1.807) is 0 Å². The van der Waals surface area contributed by atoms with Gasteiger partial charge in [-0.3, -0.25) is 0 Å². The fourth-order valence-corrected chi connectivity index (χ4v) is 1.75. The van der Waals surface area contributed by atoms with Gasteiger partial charge in [-0.05, 0) is 30.7 Å². The Hall–Kier alpha value is -0.820. The monoisotopic (exact) mass is 192 g/mol. The van der Waals surface area contributed by atoms with Crippen LogP contribution in [0.1, 0.15) is 31.7 Å². The molecule has 14 heavy (non-hydrogen) atoms. The lowest BCUT2D eigenvalue weighted by atomic mass is 9.96. The number of aliphatic hydroxyl groups is 1. The van der Waals surface area contributed by atoms with Crippen LogP contribution < -0.4 is 0 Å². The molecule has 1 nitrogen and oxygen atoms in total. The molecule has 0 aliphatic rings. The fraction of sp³-hybridized carbons (Fsp3) is 0.538. The van der Waals surface area contributed by atoms with Gasteiger partial charge in [-0.25, -0.2) is 0 Å². The summed E-state index contributed by atoms with van der Waals surface area (Å²) in [6, 6.07) is 10.5. The first-order valence-corrected chi connectivity index (χ1v) is 5.51. The van der Waals surface area contributed by atoms with Crippen LogP contribution in [-0.2, 0) is 6.42 Å². The summed E-state index contributed by atoms with van der Waals surface area (Å²) in [4.78, 5) is 0. The Morgan fingerprint density at radius 2 is 1.86 bits per heavy atom. The Labute approximate surface area is 86.8 Å². The number of rotatable bonds is 6. The van der Waals surface area contributed by atoms with Gasteiger partial charge >= 0.3 is 0 Å². The van der Waals surface area contributed by atoms with Crippen LogP contribution in [-0.4, -0.2) is 11.7 Å². The largest absolute Gasteiger partial charge is 0.396 e. The maximum absolute atomic E-state index is 9.14. The van der Waals surface area contributed by atoms with Crippen molar-refractivity contribution < 1.29 is 5.11 Å². The second-order valence-electron chi connectivity index (χ2n) is 3.86. The Bertz CT molecular complexity index is 230. The molecule has 78 valence electrons. The Kier molecular flexibility index (Phi) is 5.31. The van der Waals surface area contributed by atoms with E-state index in [0.717, 1.165) is 19.3 Å². The van der Waals surface area contributed by atoms with Gasteiger partial charge in [0.1, 0.15) is 0 Å². The summed E-state index contributed by atoms with van der Waals surface area (Å²) in [6.45, 7) is 2.51. The van der Waals surface area contributed by atoms with E-state index in [2.05, 4.69) is 31.2 Å². The number of hydrogen-bond acceptors (Lipinski definition) is 1. The van der Waals surface area contributed by atoms with Crippen LogP contribution in [0.2, 0.25) is 0 Å². The molecule has 0 bridgehead atoms. The summed E-state index contributed by atoms with van der Waals surface area (Å²) in [6.07, 6.45) is 4.50. The zero-order valence-corrected chi connectivity index (χ0v) is 8.95. The smallest absolute Gasteiger partial charge is 0.0459 e. The zero-order valence-electron chi connectivity index (χ0n) is 8.95. The maximum atomic E-state index is 9.14. The summed E-state index contributed by atoms with van der Waals surface area (Å²) in [5.41, 5.74) is 1.38. The third-order valence-corrected chi connectivity index (χ3v) is 2.64. The van der Waals surface area contributed by atoms with Gasteiger partial charge in [-0.15, -0.1) is 0 Å². The van der Waals surface area contributed by atoms with Crippen molar-refractivity contribution in [3.63, 3.8) is 0 Å². The molecule has 1 rings (SSSR count). The minimum Gasteiger partial charge on any atom is -0.396 e. The molecule has 0 saturated carbocycles. The van der Waals surface area contributed by atoms with Crippen molar-refractivity contribution in [2.24, 2.45) is 5.92 Å². The second kappa shape index (κ2) is 6.61. The lowest BCUT2D eigenvalue weighted by Crippen LogP contribution is -2.06. The first-order chi connectivity index (χ1) is 6.86. The molecule has 1 N–H and O–H groups in total. The van der Waals surface area contributed by atoms with Gasteiger partial charge in [-0.2, -0.15) is 0 Å². The molecular formula is C13H20O. The van der Waals surface area contributed by atoms with E-state index in [1.807, 2.05) is 6.07 Å². The van der Waals surface area contributed by atoms with E-state index in [-0.39, 0.29) is 0 Å². The fourth-order valence-electron chi connectivity index (χ4n) is 1.75. The third-order valence-electron chi connectivity index (χ3n) is 2.64. The predicted molar refractivity (Wildman–Crippen MR) is 60.2 cm³/mol. The Morgan fingerprint density at radius 1 is 1.14 bits per heavy atom. The first-order valence-electron chi connectivity index (χ1n) is 5.51. The third kappa shape index (κ3) is 3.93. The summed E-state index contributed by atoms with van der Waals surface area (Å²) < 4.78 is 0. The summed E-state index contributed by atoms with van der Waals surface area (Å²) in [5.74, 6) is 0.486. The average Bonchev–Trinajstić information content (AvgIpc) is 2.25. The first kappa shape index (κ1) is 11.3. The van der Waals surface area contributed by atoms with E-state index >= 15 is 0 Å². The summed E-state index contributed by atoms with van der Waals surface area (Å²) in [7, 11) is 0.